The first-order chi connectivity index (χ1) is 7.67. The van der Waals surface area contributed by atoms with Gasteiger partial charge in [0.15, 0.2) is 0 Å². The van der Waals surface area contributed by atoms with Crippen LogP contribution in [0.1, 0.15) is 0 Å². The smallest absolute Gasteiger partial charge is 0.229 e. The molecule has 2 aromatic rings. The quantitative estimate of drug-likeness (QED) is 0.280. The molecule has 0 heterocycles. The zero-order valence-electron chi connectivity index (χ0n) is 8.62. The van der Waals surface area contributed by atoms with Crippen molar-refractivity contribution in [2.75, 3.05) is 0 Å². The molecule has 0 aliphatic rings. The van der Waals surface area contributed by atoms with Gasteiger partial charge >= 0.3 is 17.1 Å². The van der Waals surface area contributed by atoms with E-state index in [1.165, 1.54) is 12.1 Å². The van der Waals surface area contributed by atoms with Gasteiger partial charge in [0, 0.05) is 9.43 Å². The Kier molecular flexibility index (Phi) is 7.01. The first kappa shape index (κ1) is 15.5. The minimum Gasteiger partial charge on any atom is -0.229 e. The molecule has 0 saturated heterocycles. The molecule has 0 aliphatic heterocycles. The van der Waals surface area contributed by atoms with Crippen LogP contribution in [0.2, 0.25) is 0 Å². The SMILES string of the molecule is [Fe+2].[N-]=[N+]=NS(=O)(=O)[c-]1cccc1.c1cc[cH-]c1. The molecule has 7 heteroatoms. The van der Waals surface area contributed by atoms with Crippen LogP contribution in [0.15, 0.2) is 64.0 Å². The zero-order chi connectivity index (χ0) is 11.9. The summed E-state index contributed by atoms with van der Waals surface area (Å²) in [6, 6.07) is 15.8. The molecule has 0 aromatic heterocycles. The van der Waals surface area contributed by atoms with Crippen molar-refractivity contribution in [2.24, 2.45) is 4.52 Å². The number of nitrogens with zero attached hydrogens (tertiary/aromatic N) is 3. The molecular formula is C10H9FeN3O2S. The molecule has 0 spiro atoms. The van der Waals surface area contributed by atoms with Crippen molar-refractivity contribution >= 4 is 10.0 Å². The van der Waals surface area contributed by atoms with Gasteiger partial charge in [-0.05, 0) is 10.4 Å². The molecule has 2 aromatic carbocycles. The van der Waals surface area contributed by atoms with E-state index in [1.54, 1.807) is 12.1 Å². The van der Waals surface area contributed by atoms with Gasteiger partial charge in [-0.2, -0.15) is 30.3 Å². The van der Waals surface area contributed by atoms with Crippen LogP contribution < -0.4 is 0 Å². The molecule has 0 radical (unpaired) electrons. The van der Waals surface area contributed by atoms with Crippen LogP contribution >= 0.6 is 0 Å². The van der Waals surface area contributed by atoms with Crippen LogP contribution in [0.5, 0.6) is 0 Å². The van der Waals surface area contributed by atoms with E-state index in [9.17, 15) is 8.42 Å². The van der Waals surface area contributed by atoms with E-state index in [1.807, 2.05) is 30.3 Å². The van der Waals surface area contributed by atoms with Gasteiger partial charge in [0.25, 0.3) is 0 Å². The third-order valence-electron chi connectivity index (χ3n) is 1.63. The Morgan fingerprint density at radius 1 is 1.12 bits per heavy atom. The average molecular weight is 291 g/mol. The number of sulfonamides is 1. The summed E-state index contributed by atoms with van der Waals surface area (Å²) in [4.78, 5) is 2.22. The minimum atomic E-state index is -3.76. The van der Waals surface area contributed by atoms with Crippen LogP contribution in [-0.2, 0) is 27.1 Å². The Labute approximate surface area is 110 Å². The number of hydrogen-bond acceptors (Lipinski definition) is 2. The molecule has 0 atom stereocenters. The van der Waals surface area contributed by atoms with Crippen molar-refractivity contribution in [3.05, 3.63) is 65.0 Å². The molecule has 0 unspecified atom stereocenters. The molecule has 0 aliphatic carbocycles. The number of hydrogen-bond donors (Lipinski definition) is 0. The Morgan fingerprint density at radius 3 is 2.00 bits per heavy atom. The second-order valence-corrected chi connectivity index (χ2v) is 4.31. The summed E-state index contributed by atoms with van der Waals surface area (Å²) >= 11 is 0. The van der Waals surface area contributed by atoms with Gasteiger partial charge in [-0.3, -0.25) is 0 Å². The van der Waals surface area contributed by atoms with Crippen molar-refractivity contribution in [2.45, 2.75) is 4.90 Å². The largest absolute Gasteiger partial charge is 2.00 e. The Bertz CT molecular complexity index is 523. The second-order valence-electron chi connectivity index (χ2n) is 2.73. The van der Waals surface area contributed by atoms with Crippen molar-refractivity contribution in [3.63, 3.8) is 0 Å². The molecular weight excluding hydrogens is 282 g/mol. The predicted molar refractivity (Wildman–Crippen MR) is 60.4 cm³/mol. The fourth-order valence-corrected chi connectivity index (χ4v) is 1.64. The van der Waals surface area contributed by atoms with E-state index in [4.69, 9.17) is 5.53 Å². The Morgan fingerprint density at radius 2 is 1.65 bits per heavy atom. The van der Waals surface area contributed by atoms with E-state index in [2.05, 4.69) is 9.43 Å². The first-order valence-electron chi connectivity index (χ1n) is 4.36. The van der Waals surface area contributed by atoms with Gasteiger partial charge in [0.05, 0.1) is 0 Å². The summed E-state index contributed by atoms with van der Waals surface area (Å²) in [5.41, 5.74) is 7.88. The van der Waals surface area contributed by atoms with Gasteiger partial charge < -0.3 is 0 Å². The normalized spacial score (nSPS) is 9.18. The molecule has 0 fully saturated rings. The van der Waals surface area contributed by atoms with Crippen LogP contribution in [0.3, 0.4) is 0 Å². The topological polar surface area (TPSA) is 82.9 Å². The summed E-state index contributed by atoms with van der Waals surface area (Å²) in [6.07, 6.45) is 0. The first-order valence-corrected chi connectivity index (χ1v) is 5.80. The van der Waals surface area contributed by atoms with Crippen molar-refractivity contribution in [3.8, 4) is 0 Å². The molecule has 5 nitrogen and oxygen atoms in total. The van der Waals surface area contributed by atoms with Crippen molar-refractivity contribution in [1.29, 1.82) is 0 Å². The molecule has 0 bridgehead atoms. The van der Waals surface area contributed by atoms with Gasteiger partial charge in [-0.25, -0.2) is 32.7 Å². The van der Waals surface area contributed by atoms with E-state index in [-0.39, 0.29) is 22.0 Å². The molecule has 90 valence electrons. The van der Waals surface area contributed by atoms with Crippen LogP contribution in [0, 0.1) is 0 Å². The summed E-state index contributed by atoms with van der Waals surface area (Å²) in [5, 5.41) is 0. The standard InChI is InChI=1S/C5H4N3O2S.C5H5.Fe/c6-7-8-11(9,10)5-3-1-2-4-5;1-2-4-5-3-1;/h1-4H;1-5H;/q2*-1;+2. The maximum atomic E-state index is 10.9. The van der Waals surface area contributed by atoms with Crippen molar-refractivity contribution < 1.29 is 25.5 Å². The molecule has 17 heavy (non-hydrogen) atoms. The fraction of sp³-hybridized carbons (Fsp3) is 0. The van der Waals surface area contributed by atoms with Crippen molar-refractivity contribution in [1.82, 2.24) is 0 Å². The van der Waals surface area contributed by atoms with E-state index in [0.29, 0.717) is 0 Å². The predicted octanol–water partition coefficient (Wildman–Crippen LogP) is 2.81. The third-order valence-corrected chi connectivity index (χ3v) is 2.79. The maximum Gasteiger partial charge on any atom is 2.00 e. The maximum absolute atomic E-state index is 10.9. The van der Waals surface area contributed by atoms with Gasteiger partial charge in [0.1, 0.15) is 0 Å². The summed E-state index contributed by atoms with van der Waals surface area (Å²) in [6.45, 7) is 0. The minimum absolute atomic E-state index is 0. The van der Waals surface area contributed by atoms with E-state index >= 15 is 0 Å². The van der Waals surface area contributed by atoms with Gasteiger partial charge in [-0.15, -0.1) is 0 Å². The Balaban J connectivity index is 0.000000360. The summed E-state index contributed by atoms with van der Waals surface area (Å²) < 4.78 is 24.4. The van der Waals surface area contributed by atoms with Gasteiger partial charge in [0.2, 0.25) is 10.0 Å². The Hall–Kier alpha value is -1.52. The fourth-order valence-electron chi connectivity index (χ4n) is 0.944. The molecule has 0 saturated carbocycles. The van der Waals surface area contributed by atoms with E-state index < -0.39 is 10.0 Å². The summed E-state index contributed by atoms with van der Waals surface area (Å²) in [7, 11) is -3.76. The molecule has 0 amide bonds. The number of azide groups is 1. The second kappa shape index (κ2) is 7.70. The van der Waals surface area contributed by atoms with Gasteiger partial charge in [-0.1, -0.05) is 0 Å². The van der Waals surface area contributed by atoms with Crippen LogP contribution in [-0.4, -0.2) is 8.42 Å². The molecule has 0 N–H and O–H groups in total. The monoisotopic (exact) mass is 291 g/mol. The number of rotatable bonds is 2. The average Bonchev–Trinajstić information content (AvgIpc) is 2.95. The zero-order valence-corrected chi connectivity index (χ0v) is 10.5. The van der Waals surface area contributed by atoms with Crippen LogP contribution in [0.25, 0.3) is 10.4 Å². The molecule has 2 rings (SSSR count). The van der Waals surface area contributed by atoms with Crippen LogP contribution in [0.4, 0.5) is 0 Å². The summed E-state index contributed by atoms with van der Waals surface area (Å²) in [5.74, 6) is 0. The van der Waals surface area contributed by atoms with E-state index in [0.717, 1.165) is 0 Å². The third kappa shape index (κ3) is 5.38.